The number of unbranched alkanes of at least 4 members (excludes halogenated alkanes) is 4. The minimum absolute atomic E-state index is 0.171. The molecule has 0 saturated carbocycles. The van der Waals surface area contributed by atoms with Crippen LogP contribution < -0.4 is 20.9 Å². The van der Waals surface area contributed by atoms with Crippen LogP contribution in [0.4, 0.5) is 4.39 Å². The zero-order chi connectivity index (χ0) is 31.2. The van der Waals surface area contributed by atoms with E-state index in [2.05, 4.69) is 23.9 Å². The minimum atomic E-state index is -1.58. The molecule has 42 heavy (non-hydrogen) atoms. The number of aliphatic hydroxyl groups is 1. The van der Waals surface area contributed by atoms with Gasteiger partial charge in [0.25, 0.3) is 5.56 Å². The van der Waals surface area contributed by atoms with Crippen molar-refractivity contribution in [3.63, 3.8) is 0 Å². The summed E-state index contributed by atoms with van der Waals surface area (Å²) < 4.78 is 29.4. The number of rotatable bonds is 19. The van der Waals surface area contributed by atoms with Crippen LogP contribution in [0.15, 0.2) is 46.1 Å². The Hall–Kier alpha value is -3.08. The van der Waals surface area contributed by atoms with E-state index >= 15 is 0 Å². The fourth-order valence-electron chi connectivity index (χ4n) is 3.46. The number of alkyl halides is 1. The van der Waals surface area contributed by atoms with Crippen LogP contribution in [0.5, 0.6) is 5.75 Å². The van der Waals surface area contributed by atoms with E-state index in [9.17, 15) is 28.7 Å². The van der Waals surface area contributed by atoms with Gasteiger partial charge in [0.05, 0.1) is 26.3 Å². The van der Waals surface area contributed by atoms with Crippen molar-refractivity contribution in [3.8, 4) is 5.75 Å². The fraction of sp³-hybridized carbons (Fsp3) is 0.586. The van der Waals surface area contributed by atoms with Crippen LogP contribution in [0.1, 0.15) is 70.8 Å². The molecule has 0 aliphatic carbocycles. The summed E-state index contributed by atoms with van der Waals surface area (Å²) in [4.78, 5) is 48.8. The number of ether oxygens (including phenoxy) is 2. The van der Waals surface area contributed by atoms with Crippen LogP contribution in [0, 0.1) is 6.92 Å². The highest BCUT2D eigenvalue weighted by molar-refractivity contribution is 7.50. The molecule has 11 nitrogen and oxygen atoms in total. The Bertz CT molecular complexity index is 1150. The van der Waals surface area contributed by atoms with Crippen LogP contribution in [-0.4, -0.2) is 58.9 Å². The normalized spacial score (nSPS) is 12.0. The summed E-state index contributed by atoms with van der Waals surface area (Å²) in [6.45, 7) is 6.20. The number of benzene rings is 1. The van der Waals surface area contributed by atoms with Gasteiger partial charge in [-0.2, -0.15) is 0 Å². The van der Waals surface area contributed by atoms with Crippen molar-refractivity contribution in [1.29, 1.82) is 0 Å². The van der Waals surface area contributed by atoms with Crippen molar-refractivity contribution in [2.75, 3.05) is 26.2 Å². The van der Waals surface area contributed by atoms with Gasteiger partial charge in [0, 0.05) is 18.3 Å². The number of para-hydroxylation sites is 1. The third-order valence-electron chi connectivity index (χ3n) is 5.77. The summed E-state index contributed by atoms with van der Waals surface area (Å²) >= 11 is 0. The van der Waals surface area contributed by atoms with Crippen molar-refractivity contribution in [2.24, 2.45) is 0 Å². The van der Waals surface area contributed by atoms with Gasteiger partial charge in [-0.1, -0.05) is 57.7 Å². The molecule has 0 amide bonds. The number of hydrogen-bond donors (Lipinski definition) is 3. The largest absolute Gasteiger partial charge is 0.466 e. The molecule has 236 valence electrons. The molecule has 13 heteroatoms. The van der Waals surface area contributed by atoms with Gasteiger partial charge in [0.1, 0.15) is 18.1 Å². The van der Waals surface area contributed by atoms with Gasteiger partial charge in [-0.3, -0.25) is 23.8 Å². The van der Waals surface area contributed by atoms with E-state index in [-0.39, 0.29) is 24.7 Å². The average molecular weight is 614 g/mol. The molecule has 2 rings (SSSR count). The van der Waals surface area contributed by atoms with Crippen molar-refractivity contribution in [2.45, 2.75) is 84.7 Å². The van der Waals surface area contributed by atoms with Crippen LogP contribution in [-0.2, 0) is 25.6 Å². The Morgan fingerprint density at radius 2 is 1.67 bits per heavy atom. The summed E-state index contributed by atoms with van der Waals surface area (Å²) in [6.07, 6.45) is 6.80. The molecule has 0 aliphatic heterocycles. The van der Waals surface area contributed by atoms with Crippen LogP contribution in [0.2, 0.25) is 0 Å². The second-order valence-electron chi connectivity index (χ2n) is 9.42. The molecule has 0 saturated heterocycles. The van der Waals surface area contributed by atoms with E-state index in [1.54, 1.807) is 19.1 Å². The first-order valence-electron chi connectivity index (χ1n) is 14.3. The second kappa shape index (κ2) is 22.5. The molecular weight excluding hydrogens is 568 g/mol. The summed E-state index contributed by atoms with van der Waals surface area (Å²) in [6, 6.07) is 8.06. The topological polar surface area (TPSA) is 149 Å². The number of carbonyl (C=O) groups is 2. The third kappa shape index (κ3) is 15.8. The van der Waals surface area contributed by atoms with Crippen molar-refractivity contribution in [1.82, 2.24) is 14.6 Å². The Morgan fingerprint density at radius 1 is 1.02 bits per heavy atom. The first-order chi connectivity index (χ1) is 20.2. The van der Waals surface area contributed by atoms with E-state index in [0.29, 0.717) is 31.1 Å². The fourth-order valence-corrected chi connectivity index (χ4v) is 4.58. The van der Waals surface area contributed by atoms with E-state index in [1.807, 2.05) is 18.2 Å². The van der Waals surface area contributed by atoms with E-state index in [0.717, 1.165) is 38.5 Å². The molecule has 2 atom stereocenters. The molecule has 1 aromatic heterocycles. The standard InChI is InChI=1S/C21H34NO6P.C8H11FN2O2/c1-3-5-10-14-26-20(24)16-19(21(25)27-15-11-6-4-2)22-29(17-23)28-18-12-8-7-9-13-18;1-6-5-11(4-2-3-9)8(13)10-7(6)12/h7-9,12-13,19,22-23H,3-6,10-11,14-17H2,1-2H3;5H,2-4H2,1H3,(H,10,12,13). The Morgan fingerprint density at radius 3 is 2.26 bits per heavy atom. The summed E-state index contributed by atoms with van der Waals surface area (Å²) in [7, 11) is -1.58. The van der Waals surface area contributed by atoms with Gasteiger partial charge in [-0.15, -0.1) is 0 Å². The lowest BCUT2D eigenvalue weighted by Gasteiger charge is -2.23. The third-order valence-corrected chi connectivity index (χ3v) is 7.05. The molecule has 2 unspecified atom stereocenters. The quantitative estimate of drug-likeness (QED) is 0.119. The van der Waals surface area contributed by atoms with Gasteiger partial charge in [-0.25, -0.2) is 9.88 Å². The first kappa shape index (κ1) is 36.9. The molecule has 1 heterocycles. The van der Waals surface area contributed by atoms with E-state index in [1.165, 1.54) is 10.8 Å². The first-order valence-corrected chi connectivity index (χ1v) is 15.8. The monoisotopic (exact) mass is 613 g/mol. The van der Waals surface area contributed by atoms with Gasteiger partial charge in [0.15, 0.2) is 8.30 Å². The van der Waals surface area contributed by atoms with Crippen LogP contribution in [0.3, 0.4) is 0 Å². The maximum absolute atomic E-state index is 12.5. The molecule has 1 aromatic carbocycles. The number of halogens is 1. The highest BCUT2D eigenvalue weighted by Crippen LogP contribution is 2.34. The van der Waals surface area contributed by atoms with Gasteiger partial charge in [-0.05, 0) is 38.3 Å². The number of aryl methyl sites for hydroxylation is 2. The molecule has 0 fully saturated rings. The number of carbonyl (C=O) groups excluding carboxylic acids is 2. The highest BCUT2D eigenvalue weighted by Gasteiger charge is 2.28. The zero-order valence-electron chi connectivity index (χ0n) is 24.8. The van der Waals surface area contributed by atoms with Crippen LogP contribution in [0.25, 0.3) is 0 Å². The average Bonchev–Trinajstić information content (AvgIpc) is 2.98. The summed E-state index contributed by atoms with van der Waals surface area (Å²) in [5.41, 5.74) is -0.413. The Kier molecular flexibility index (Phi) is 19.8. The predicted octanol–water partition coefficient (Wildman–Crippen LogP) is 4.35. The maximum Gasteiger partial charge on any atom is 0.328 e. The molecular formula is C29H45FN3O8P. The number of aliphatic hydroxyl groups excluding tert-OH is 1. The number of nitrogens with one attached hydrogen (secondary N) is 2. The van der Waals surface area contributed by atoms with Gasteiger partial charge < -0.3 is 23.7 Å². The molecule has 0 aliphatic rings. The number of aromatic nitrogens is 2. The lowest BCUT2D eigenvalue weighted by molar-refractivity contribution is -0.152. The smallest absolute Gasteiger partial charge is 0.328 e. The second-order valence-corrected chi connectivity index (χ2v) is 10.9. The zero-order valence-corrected chi connectivity index (χ0v) is 25.7. The molecule has 2 aromatic rings. The van der Waals surface area contributed by atoms with Crippen LogP contribution >= 0.6 is 8.30 Å². The number of hydrogen-bond acceptors (Lipinski definition) is 9. The van der Waals surface area contributed by atoms with E-state index in [4.69, 9.17) is 14.0 Å². The summed E-state index contributed by atoms with van der Waals surface area (Å²) in [5, 5.41) is 12.6. The molecule has 0 spiro atoms. The molecule has 0 bridgehead atoms. The molecule has 0 radical (unpaired) electrons. The van der Waals surface area contributed by atoms with Crippen molar-refractivity contribution < 1.29 is 33.1 Å². The lowest BCUT2D eigenvalue weighted by atomic mass is 10.2. The van der Waals surface area contributed by atoms with Gasteiger partial charge >= 0.3 is 17.6 Å². The van der Waals surface area contributed by atoms with E-state index < -0.39 is 38.6 Å². The number of esters is 2. The van der Waals surface area contributed by atoms with Crippen molar-refractivity contribution in [3.05, 3.63) is 62.9 Å². The SMILES string of the molecule is CCCCCOC(=O)CC(NP(CO)Oc1ccccc1)C(=O)OCCCCC.Cc1cn(CCCF)c(=O)[nH]c1=O. The van der Waals surface area contributed by atoms with Crippen molar-refractivity contribution >= 4 is 20.2 Å². The maximum atomic E-state index is 12.5. The predicted molar refractivity (Wildman–Crippen MR) is 160 cm³/mol. The number of H-pyrrole nitrogens is 1. The lowest BCUT2D eigenvalue weighted by Crippen LogP contribution is -2.38. The minimum Gasteiger partial charge on any atom is -0.466 e. The Balaban J connectivity index is 0.000000563. The number of aromatic amines is 1. The Labute approximate surface area is 247 Å². The summed E-state index contributed by atoms with van der Waals surface area (Å²) in [5.74, 6) is -0.446. The number of nitrogens with zero attached hydrogens (tertiary/aromatic N) is 1. The van der Waals surface area contributed by atoms with Gasteiger partial charge in [0.2, 0.25) is 0 Å². The highest BCUT2D eigenvalue weighted by atomic mass is 31.2. The molecule has 3 N–H and O–H groups in total.